The number of sulfonamides is 1. The van der Waals surface area contributed by atoms with E-state index in [0.717, 1.165) is 0 Å². The highest BCUT2D eigenvalue weighted by atomic mass is 32.2. The summed E-state index contributed by atoms with van der Waals surface area (Å²) < 4.78 is 45.4. The number of benzene rings is 1. The Balaban J connectivity index is 1.53. The number of rotatable bonds is 6. The Morgan fingerprint density at radius 2 is 1.90 bits per heavy atom. The number of piperidine rings is 1. The third kappa shape index (κ3) is 5.00. The van der Waals surface area contributed by atoms with E-state index in [9.17, 15) is 22.4 Å². The van der Waals surface area contributed by atoms with E-state index < -0.39 is 39.7 Å². The Morgan fingerprint density at radius 1 is 1.20 bits per heavy atom. The van der Waals surface area contributed by atoms with Crippen molar-refractivity contribution in [3.63, 3.8) is 0 Å². The number of para-hydroxylation sites is 1. The van der Waals surface area contributed by atoms with Gasteiger partial charge >= 0.3 is 5.97 Å². The molecule has 1 aromatic carbocycles. The zero-order valence-electron chi connectivity index (χ0n) is 16.3. The summed E-state index contributed by atoms with van der Waals surface area (Å²) in [7, 11) is -3.67. The number of hydrogen-bond acceptors (Lipinski definition) is 6. The van der Waals surface area contributed by atoms with Crippen LogP contribution in [-0.4, -0.2) is 48.8 Å². The topological polar surface area (TPSA) is 106 Å². The Bertz CT molecular complexity index is 1010. The summed E-state index contributed by atoms with van der Waals surface area (Å²) in [6.07, 6.45) is 2.21. The van der Waals surface area contributed by atoms with Gasteiger partial charge < -0.3 is 10.1 Å². The number of pyridine rings is 1. The minimum atomic E-state index is -3.67. The molecule has 0 radical (unpaired) electrons. The Hall–Kier alpha value is -2.85. The average molecular weight is 435 g/mol. The number of carbonyl (C=O) groups excluding carboxylic acids is 2. The first-order valence-corrected chi connectivity index (χ1v) is 10.9. The second-order valence-corrected chi connectivity index (χ2v) is 8.85. The zero-order valence-corrected chi connectivity index (χ0v) is 17.1. The predicted octanol–water partition coefficient (Wildman–Crippen LogP) is 2.19. The average Bonchev–Trinajstić information content (AvgIpc) is 2.76. The van der Waals surface area contributed by atoms with Crippen molar-refractivity contribution >= 4 is 27.6 Å². The first-order valence-electron chi connectivity index (χ1n) is 9.45. The molecule has 0 aliphatic carbocycles. The number of ether oxygens (including phenoxy) is 1. The van der Waals surface area contributed by atoms with E-state index in [2.05, 4.69) is 10.3 Å². The van der Waals surface area contributed by atoms with Crippen molar-refractivity contribution in [2.75, 3.05) is 18.4 Å². The van der Waals surface area contributed by atoms with Gasteiger partial charge in [0, 0.05) is 25.5 Å². The highest BCUT2D eigenvalue weighted by Gasteiger charge is 2.34. The van der Waals surface area contributed by atoms with E-state index >= 15 is 0 Å². The maximum atomic E-state index is 13.6. The van der Waals surface area contributed by atoms with Gasteiger partial charge in [-0.3, -0.25) is 14.6 Å². The fraction of sp³-hybridized carbons (Fsp3) is 0.350. The number of aromatic nitrogens is 1. The fourth-order valence-electron chi connectivity index (χ4n) is 3.10. The van der Waals surface area contributed by atoms with Crippen LogP contribution in [0.5, 0.6) is 0 Å². The number of nitrogens with one attached hydrogen (secondary N) is 1. The lowest BCUT2D eigenvalue weighted by molar-refractivity contribution is -0.158. The lowest BCUT2D eigenvalue weighted by Gasteiger charge is -2.30. The van der Waals surface area contributed by atoms with Gasteiger partial charge in [0.15, 0.2) is 6.10 Å². The summed E-state index contributed by atoms with van der Waals surface area (Å²) in [5.74, 6) is -2.34. The molecule has 0 bridgehead atoms. The maximum absolute atomic E-state index is 13.6. The second-order valence-electron chi connectivity index (χ2n) is 6.92. The first kappa shape index (κ1) is 21.8. The van der Waals surface area contributed by atoms with E-state index in [1.54, 1.807) is 12.1 Å². The van der Waals surface area contributed by atoms with Crippen LogP contribution in [0.2, 0.25) is 0 Å². The molecule has 0 saturated carbocycles. The molecule has 3 rings (SSSR count). The van der Waals surface area contributed by atoms with E-state index in [4.69, 9.17) is 4.74 Å². The molecule has 8 nitrogen and oxygen atoms in total. The van der Waals surface area contributed by atoms with Gasteiger partial charge in [-0.25, -0.2) is 12.8 Å². The Morgan fingerprint density at radius 3 is 2.53 bits per heavy atom. The van der Waals surface area contributed by atoms with Gasteiger partial charge in [0.1, 0.15) is 10.7 Å². The van der Waals surface area contributed by atoms with Crippen molar-refractivity contribution in [1.82, 2.24) is 9.29 Å². The number of esters is 1. The lowest BCUT2D eigenvalue weighted by Crippen LogP contribution is -2.41. The smallest absolute Gasteiger partial charge is 0.309 e. The molecule has 1 aromatic heterocycles. The standard InChI is InChI=1S/C20H22FN3O5S/c1-14(19(25)23-18-7-3-2-6-17(18)21)29-20(26)15-8-11-24(12-9-15)30(27,28)16-5-4-10-22-13-16/h2-7,10,13-15H,8-9,11-12H2,1H3,(H,23,25). The number of hydrogen-bond donors (Lipinski definition) is 1. The molecule has 1 amide bonds. The molecule has 2 aromatic rings. The van der Waals surface area contributed by atoms with E-state index in [0.29, 0.717) is 0 Å². The highest BCUT2D eigenvalue weighted by molar-refractivity contribution is 7.89. The normalized spacial score (nSPS) is 16.6. The molecule has 160 valence electrons. The van der Waals surface area contributed by atoms with Crippen molar-refractivity contribution in [1.29, 1.82) is 0 Å². The number of halogens is 1. The third-order valence-electron chi connectivity index (χ3n) is 4.85. The fourth-order valence-corrected chi connectivity index (χ4v) is 4.54. The molecule has 0 spiro atoms. The van der Waals surface area contributed by atoms with Crippen LogP contribution >= 0.6 is 0 Å². The summed E-state index contributed by atoms with van der Waals surface area (Å²) in [4.78, 5) is 28.5. The molecular weight excluding hydrogens is 413 g/mol. The Labute approximate surface area is 174 Å². The molecule has 1 fully saturated rings. The van der Waals surface area contributed by atoms with Crippen LogP contribution in [0.1, 0.15) is 19.8 Å². The number of amides is 1. The second kappa shape index (κ2) is 9.31. The van der Waals surface area contributed by atoms with Crippen LogP contribution in [0.4, 0.5) is 10.1 Å². The largest absolute Gasteiger partial charge is 0.452 e. The number of nitrogens with zero attached hydrogens (tertiary/aromatic N) is 2. The van der Waals surface area contributed by atoms with Crippen LogP contribution < -0.4 is 5.32 Å². The maximum Gasteiger partial charge on any atom is 0.309 e. The van der Waals surface area contributed by atoms with Crippen molar-refractivity contribution in [3.8, 4) is 0 Å². The summed E-state index contributed by atoms with van der Waals surface area (Å²) >= 11 is 0. The molecule has 1 unspecified atom stereocenters. The monoisotopic (exact) mass is 435 g/mol. The molecule has 1 N–H and O–H groups in total. The Kier molecular flexibility index (Phi) is 6.78. The molecular formula is C20H22FN3O5S. The molecule has 1 atom stereocenters. The van der Waals surface area contributed by atoms with Gasteiger partial charge in [0.05, 0.1) is 11.6 Å². The zero-order chi connectivity index (χ0) is 21.7. The minimum Gasteiger partial charge on any atom is -0.452 e. The lowest BCUT2D eigenvalue weighted by atomic mass is 9.98. The number of carbonyl (C=O) groups is 2. The SMILES string of the molecule is CC(OC(=O)C1CCN(S(=O)(=O)c2cccnc2)CC1)C(=O)Nc1ccccc1F. The van der Waals surface area contributed by atoms with Gasteiger partial charge in [-0.1, -0.05) is 12.1 Å². The molecule has 1 aliphatic rings. The molecule has 2 heterocycles. The van der Waals surface area contributed by atoms with E-state index in [-0.39, 0.29) is 36.5 Å². The summed E-state index contributed by atoms with van der Waals surface area (Å²) in [6, 6.07) is 8.70. The minimum absolute atomic E-state index is 0.000634. The number of anilines is 1. The van der Waals surface area contributed by atoms with Gasteiger partial charge in [-0.15, -0.1) is 0 Å². The highest BCUT2D eigenvalue weighted by Crippen LogP contribution is 2.24. The van der Waals surface area contributed by atoms with Gasteiger partial charge in [0.25, 0.3) is 5.91 Å². The summed E-state index contributed by atoms with van der Waals surface area (Å²) in [6.45, 7) is 1.72. The van der Waals surface area contributed by atoms with E-state index in [1.165, 1.54) is 47.9 Å². The van der Waals surface area contributed by atoms with Crippen LogP contribution in [0.15, 0.2) is 53.7 Å². The quantitative estimate of drug-likeness (QED) is 0.698. The first-order chi connectivity index (χ1) is 14.3. The van der Waals surface area contributed by atoms with Gasteiger partial charge in [-0.05, 0) is 44.0 Å². The van der Waals surface area contributed by atoms with Crippen molar-refractivity contribution in [3.05, 3.63) is 54.6 Å². The van der Waals surface area contributed by atoms with Crippen molar-refractivity contribution < 1.29 is 27.1 Å². The van der Waals surface area contributed by atoms with Crippen LogP contribution in [-0.2, 0) is 24.3 Å². The van der Waals surface area contributed by atoms with Gasteiger partial charge in [-0.2, -0.15) is 4.31 Å². The summed E-state index contributed by atoms with van der Waals surface area (Å²) in [5.41, 5.74) is -0.000634. The third-order valence-corrected chi connectivity index (χ3v) is 6.74. The van der Waals surface area contributed by atoms with Crippen LogP contribution in [0.3, 0.4) is 0 Å². The van der Waals surface area contributed by atoms with Crippen LogP contribution in [0, 0.1) is 11.7 Å². The van der Waals surface area contributed by atoms with Gasteiger partial charge in [0.2, 0.25) is 10.0 Å². The molecule has 30 heavy (non-hydrogen) atoms. The van der Waals surface area contributed by atoms with Crippen LogP contribution in [0.25, 0.3) is 0 Å². The summed E-state index contributed by atoms with van der Waals surface area (Å²) in [5, 5.41) is 2.38. The van der Waals surface area contributed by atoms with Crippen molar-refractivity contribution in [2.24, 2.45) is 5.92 Å². The molecule has 1 saturated heterocycles. The van der Waals surface area contributed by atoms with Crippen molar-refractivity contribution in [2.45, 2.75) is 30.8 Å². The molecule has 10 heteroatoms. The predicted molar refractivity (Wildman–Crippen MR) is 106 cm³/mol. The van der Waals surface area contributed by atoms with E-state index in [1.807, 2.05) is 0 Å². The molecule has 1 aliphatic heterocycles.